The lowest BCUT2D eigenvalue weighted by Gasteiger charge is -2.18. The molecule has 1 N–H and O–H groups in total. The molecule has 0 bridgehead atoms. The molecule has 0 saturated carbocycles. The highest BCUT2D eigenvalue weighted by Crippen LogP contribution is 2.39. The Bertz CT molecular complexity index is 574. The van der Waals surface area contributed by atoms with Crippen molar-refractivity contribution in [3.63, 3.8) is 0 Å². The number of benzene rings is 1. The Morgan fingerprint density at radius 2 is 2.05 bits per heavy atom. The topological polar surface area (TPSA) is 47.0 Å². The quantitative estimate of drug-likeness (QED) is 0.816. The van der Waals surface area contributed by atoms with E-state index in [1.807, 2.05) is 25.4 Å². The van der Waals surface area contributed by atoms with Crippen LogP contribution in [0.5, 0.6) is 5.75 Å². The Balaban J connectivity index is 2.35. The number of rotatable bonds is 6. The number of methoxy groups -OCH3 is 1. The first kappa shape index (κ1) is 15.6. The standard InChI is InChI=1S/C13H17N3OS3/c1-8(14-2)11-9(17-3)6-5-7-10(11)19-13-16-15-12(18-4)20-13/h5-8,14H,1-4H3. The third-order valence-electron chi connectivity index (χ3n) is 2.87. The van der Waals surface area contributed by atoms with E-state index in [2.05, 4.69) is 28.5 Å². The molecule has 0 aliphatic carbocycles. The van der Waals surface area contributed by atoms with Crippen molar-refractivity contribution < 1.29 is 4.74 Å². The van der Waals surface area contributed by atoms with E-state index in [0.717, 1.165) is 24.9 Å². The average molecular weight is 328 g/mol. The van der Waals surface area contributed by atoms with Crippen LogP contribution in [-0.4, -0.2) is 30.6 Å². The summed E-state index contributed by atoms with van der Waals surface area (Å²) in [6.45, 7) is 2.12. The van der Waals surface area contributed by atoms with Gasteiger partial charge in [-0.2, -0.15) is 0 Å². The molecule has 1 heterocycles. The van der Waals surface area contributed by atoms with Crippen LogP contribution < -0.4 is 10.1 Å². The zero-order valence-corrected chi connectivity index (χ0v) is 14.3. The highest BCUT2D eigenvalue weighted by molar-refractivity contribution is 8.03. The van der Waals surface area contributed by atoms with Crippen molar-refractivity contribution in [1.29, 1.82) is 0 Å². The molecule has 0 radical (unpaired) electrons. The molecule has 108 valence electrons. The minimum Gasteiger partial charge on any atom is -0.496 e. The van der Waals surface area contributed by atoms with Gasteiger partial charge in [0.05, 0.1) is 7.11 Å². The maximum atomic E-state index is 5.48. The Kier molecular flexibility index (Phi) is 5.71. The first-order valence-electron chi connectivity index (χ1n) is 6.09. The second kappa shape index (κ2) is 7.31. The van der Waals surface area contributed by atoms with Crippen molar-refractivity contribution in [3.8, 4) is 5.75 Å². The molecule has 0 fully saturated rings. The van der Waals surface area contributed by atoms with E-state index >= 15 is 0 Å². The molecule has 2 rings (SSSR count). The first-order chi connectivity index (χ1) is 9.69. The summed E-state index contributed by atoms with van der Waals surface area (Å²) in [4.78, 5) is 1.15. The Morgan fingerprint density at radius 1 is 1.30 bits per heavy atom. The fraction of sp³-hybridized carbons (Fsp3) is 0.385. The molecule has 0 spiro atoms. The zero-order chi connectivity index (χ0) is 14.5. The maximum Gasteiger partial charge on any atom is 0.179 e. The number of nitrogens with zero attached hydrogens (tertiary/aromatic N) is 2. The summed E-state index contributed by atoms with van der Waals surface area (Å²) in [5.41, 5.74) is 1.16. The van der Waals surface area contributed by atoms with E-state index in [-0.39, 0.29) is 6.04 Å². The fourth-order valence-electron chi connectivity index (χ4n) is 1.78. The normalized spacial score (nSPS) is 12.4. The molecule has 4 nitrogen and oxygen atoms in total. The molecule has 7 heteroatoms. The second-order valence-electron chi connectivity index (χ2n) is 4.02. The van der Waals surface area contributed by atoms with Crippen LogP contribution >= 0.6 is 34.9 Å². The summed E-state index contributed by atoms with van der Waals surface area (Å²) in [6, 6.07) is 6.29. The van der Waals surface area contributed by atoms with Crippen molar-refractivity contribution >= 4 is 34.9 Å². The van der Waals surface area contributed by atoms with Gasteiger partial charge in [0.1, 0.15) is 5.75 Å². The van der Waals surface area contributed by atoms with Gasteiger partial charge < -0.3 is 10.1 Å². The highest BCUT2D eigenvalue weighted by Gasteiger charge is 2.17. The number of nitrogens with one attached hydrogen (secondary N) is 1. The maximum absolute atomic E-state index is 5.48. The largest absolute Gasteiger partial charge is 0.496 e. The van der Waals surface area contributed by atoms with Crippen molar-refractivity contribution in [2.24, 2.45) is 0 Å². The summed E-state index contributed by atoms with van der Waals surface area (Å²) < 4.78 is 7.42. The van der Waals surface area contributed by atoms with Gasteiger partial charge in [-0.1, -0.05) is 40.9 Å². The number of hydrogen-bond acceptors (Lipinski definition) is 7. The number of thioether (sulfide) groups is 1. The van der Waals surface area contributed by atoms with Crippen molar-refractivity contribution in [2.75, 3.05) is 20.4 Å². The number of aromatic nitrogens is 2. The van der Waals surface area contributed by atoms with Gasteiger partial charge in [0.25, 0.3) is 0 Å². The van der Waals surface area contributed by atoms with E-state index < -0.39 is 0 Å². The summed E-state index contributed by atoms with van der Waals surface area (Å²) in [7, 11) is 3.65. The van der Waals surface area contributed by atoms with Crippen molar-refractivity contribution in [3.05, 3.63) is 23.8 Å². The van der Waals surface area contributed by atoms with Crippen LogP contribution in [0, 0.1) is 0 Å². The molecule has 0 aliphatic rings. The Morgan fingerprint density at radius 3 is 2.65 bits per heavy atom. The lowest BCUT2D eigenvalue weighted by molar-refractivity contribution is 0.401. The molecule has 1 unspecified atom stereocenters. The Hall–Kier alpha value is -0.760. The van der Waals surface area contributed by atoms with Gasteiger partial charge in [-0.05, 0) is 32.4 Å². The SMILES string of the molecule is CNC(C)c1c(OC)cccc1Sc1nnc(SC)s1. The minimum atomic E-state index is 0.210. The fourth-order valence-corrected chi connectivity index (χ4v) is 4.42. The van der Waals surface area contributed by atoms with E-state index in [1.165, 1.54) is 0 Å². The third-order valence-corrected chi connectivity index (χ3v) is 5.90. The third kappa shape index (κ3) is 3.46. The molecule has 0 saturated heterocycles. The molecule has 20 heavy (non-hydrogen) atoms. The summed E-state index contributed by atoms with van der Waals surface area (Å²) in [5.74, 6) is 0.895. The van der Waals surface area contributed by atoms with Gasteiger partial charge >= 0.3 is 0 Å². The second-order valence-corrected chi connectivity index (χ2v) is 7.34. The molecule has 0 aliphatic heterocycles. The van der Waals surface area contributed by atoms with Crippen LogP contribution in [0.4, 0.5) is 0 Å². The van der Waals surface area contributed by atoms with Crippen LogP contribution in [0.2, 0.25) is 0 Å². The summed E-state index contributed by atoms with van der Waals surface area (Å²) in [5, 5.41) is 11.6. The smallest absolute Gasteiger partial charge is 0.179 e. The molecular formula is C13H17N3OS3. The van der Waals surface area contributed by atoms with E-state index in [4.69, 9.17) is 4.74 Å². The van der Waals surface area contributed by atoms with Crippen LogP contribution in [0.3, 0.4) is 0 Å². The van der Waals surface area contributed by atoms with E-state index in [9.17, 15) is 0 Å². The molecule has 1 aromatic carbocycles. The van der Waals surface area contributed by atoms with E-state index in [0.29, 0.717) is 0 Å². The van der Waals surface area contributed by atoms with Crippen LogP contribution in [0.1, 0.15) is 18.5 Å². The van der Waals surface area contributed by atoms with Crippen molar-refractivity contribution in [2.45, 2.75) is 26.5 Å². The van der Waals surface area contributed by atoms with Gasteiger partial charge in [-0.3, -0.25) is 0 Å². The predicted octanol–water partition coefficient (Wildman–Crippen LogP) is 3.70. The predicted molar refractivity (Wildman–Crippen MR) is 86.3 cm³/mol. The minimum absolute atomic E-state index is 0.210. The lowest BCUT2D eigenvalue weighted by Crippen LogP contribution is -2.14. The molecular weight excluding hydrogens is 310 g/mol. The number of ether oxygens (including phenoxy) is 1. The van der Waals surface area contributed by atoms with E-state index in [1.54, 1.807) is 42.0 Å². The van der Waals surface area contributed by atoms with Gasteiger partial charge in [0.2, 0.25) is 0 Å². The van der Waals surface area contributed by atoms with Gasteiger partial charge in [0, 0.05) is 16.5 Å². The van der Waals surface area contributed by atoms with Gasteiger partial charge in [-0.15, -0.1) is 10.2 Å². The van der Waals surface area contributed by atoms with Crippen molar-refractivity contribution in [1.82, 2.24) is 15.5 Å². The van der Waals surface area contributed by atoms with Crippen LogP contribution in [0.15, 0.2) is 31.8 Å². The highest BCUT2D eigenvalue weighted by atomic mass is 32.2. The average Bonchev–Trinajstić information content (AvgIpc) is 2.93. The summed E-state index contributed by atoms with van der Waals surface area (Å²) in [6.07, 6.45) is 2.01. The summed E-state index contributed by atoms with van der Waals surface area (Å²) >= 11 is 4.86. The first-order valence-corrected chi connectivity index (χ1v) is 8.94. The zero-order valence-electron chi connectivity index (χ0n) is 11.8. The molecule has 2 aromatic rings. The monoisotopic (exact) mass is 327 g/mol. The van der Waals surface area contributed by atoms with Gasteiger partial charge in [-0.25, -0.2) is 0 Å². The Labute approximate surface area is 131 Å². The molecule has 1 atom stereocenters. The number of hydrogen-bond donors (Lipinski definition) is 1. The van der Waals surface area contributed by atoms with Crippen LogP contribution in [0.25, 0.3) is 0 Å². The van der Waals surface area contributed by atoms with Crippen LogP contribution in [-0.2, 0) is 0 Å². The molecule has 0 amide bonds. The lowest BCUT2D eigenvalue weighted by atomic mass is 10.1. The molecule has 1 aromatic heterocycles. The van der Waals surface area contributed by atoms with Gasteiger partial charge in [0.15, 0.2) is 8.68 Å².